The summed E-state index contributed by atoms with van der Waals surface area (Å²) in [6.45, 7) is 0. The number of hydrogen-bond acceptors (Lipinski definition) is 1. The molecule has 0 unspecified atom stereocenters. The van der Waals surface area contributed by atoms with E-state index >= 15 is 0 Å². The molecule has 4 bridgehead atoms. The van der Waals surface area contributed by atoms with E-state index in [1.165, 1.54) is 70.6 Å². The van der Waals surface area contributed by atoms with E-state index in [1.54, 1.807) is 0 Å². The monoisotopic (exact) mass is 245 g/mol. The number of hydrogen-bond donors (Lipinski definition) is 0. The lowest BCUT2D eigenvalue weighted by atomic mass is 9.53. The van der Waals surface area contributed by atoms with Crippen molar-refractivity contribution >= 4 is 6.21 Å². The minimum Gasteiger partial charge on any atom is -0.291 e. The summed E-state index contributed by atoms with van der Waals surface area (Å²) in [7, 11) is 0. The van der Waals surface area contributed by atoms with Crippen molar-refractivity contribution in [2.24, 2.45) is 28.7 Å². The van der Waals surface area contributed by atoms with Gasteiger partial charge >= 0.3 is 0 Å². The lowest BCUT2D eigenvalue weighted by Gasteiger charge is -2.55. The van der Waals surface area contributed by atoms with Crippen LogP contribution in [-0.2, 0) is 0 Å². The lowest BCUT2D eigenvalue weighted by molar-refractivity contribution is 0.00169. The van der Waals surface area contributed by atoms with Crippen LogP contribution in [0.4, 0.5) is 0 Å². The first-order valence-electron chi connectivity index (χ1n) is 8.37. The molecule has 100 valence electrons. The zero-order chi connectivity index (χ0) is 12.0. The van der Waals surface area contributed by atoms with Gasteiger partial charge in [-0.05, 0) is 75.0 Å². The van der Waals surface area contributed by atoms with Crippen LogP contribution >= 0.6 is 0 Å². The summed E-state index contributed by atoms with van der Waals surface area (Å²) in [5.74, 6) is 3.95. The van der Waals surface area contributed by atoms with Crippen molar-refractivity contribution < 1.29 is 0 Å². The molecule has 5 aliphatic rings. The summed E-state index contributed by atoms with van der Waals surface area (Å²) >= 11 is 0. The van der Waals surface area contributed by atoms with Gasteiger partial charge in [-0.2, -0.15) is 0 Å². The van der Waals surface area contributed by atoms with Crippen LogP contribution in [0.15, 0.2) is 4.99 Å². The Balaban J connectivity index is 1.48. The Morgan fingerprint density at radius 2 is 1.33 bits per heavy atom. The fourth-order valence-electron chi connectivity index (χ4n) is 5.77. The summed E-state index contributed by atoms with van der Waals surface area (Å²) in [4.78, 5) is 5.21. The molecule has 18 heavy (non-hydrogen) atoms. The summed E-state index contributed by atoms with van der Waals surface area (Å²) in [5, 5.41) is 0. The van der Waals surface area contributed by atoms with E-state index in [0.717, 1.165) is 23.7 Å². The Labute approximate surface area is 111 Å². The SMILES string of the molecule is C(=NC12CC3CC(CC(C3)C1)C2)C1CCCCC1. The van der Waals surface area contributed by atoms with Gasteiger partial charge in [0.05, 0.1) is 5.54 Å². The van der Waals surface area contributed by atoms with Gasteiger partial charge in [0, 0.05) is 6.21 Å². The second kappa shape index (κ2) is 4.35. The second-order valence-electron chi connectivity index (χ2n) is 7.82. The molecule has 0 atom stereocenters. The van der Waals surface area contributed by atoms with Gasteiger partial charge < -0.3 is 0 Å². The minimum absolute atomic E-state index is 0.423. The molecule has 0 heterocycles. The smallest absolute Gasteiger partial charge is 0.0612 e. The maximum Gasteiger partial charge on any atom is 0.0612 e. The van der Waals surface area contributed by atoms with Crippen LogP contribution in [-0.4, -0.2) is 11.8 Å². The van der Waals surface area contributed by atoms with E-state index < -0.39 is 0 Å². The van der Waals surface area contributed by atoms with Crippen molar-refractivity contribution in [2.75, 3.05) is 0 Å². The third kappa shape index (κ3) is 2.04. The molecule has 0 saturated heterocycles. The molecule has 5 aliphatic carbocycles. The van der Waals surface area contributed by atoms with Crippen LogP contribution in [0.3, 0.4) is 0 Å². The summed E-state index contributed by atoms with van der Waals surface area (Å²) in [5.41, 5.74) is 0.423. The Hall–Kier alpha value is -0.330. The van der Waals surface area contributed by atoms with Crippen LogP contribution in [0.2, 0.25) is 0 Å². The molecule has 5 saturated carbocycles. The first kappa shape index (κ1) is 11.5. The average Bonchev–Trinajstić information content (AvgIpc) is 2.36. The number of nitrogens with zero attached hydrogens (tertiary/aromatic N) is 1. The molecule has 0 aromatic rings. The van der Waals surface area contributed by atoms with Gasteiger partial charge in [0.1, 0.15) is 0 Å². The molecular formula is C17H27N. The zero-order valence-electron chi connectivity index (χ0n) is 11.6. The molecule has 0 N–H and O–H groups in total. The molecule has 0 amide bonds. The normalized spacial score (nSPS) is 48.1. The fraction of sp³-hybridized carbons (Fsp3) is 0.941. The maximum atomic E-state index is 5.21. The van der Waals surface area contributed by atoms with Crippen LogP contribution in [0.1, 0.15) is 70.6 Å². The Kier molecular flexibility index (Phi) is 2.78. The molecular weight excluding hydrogens is 218 g/mol. The standard InChI is InChI=1S/C17H27N/c1-2-4-13(5-3-1)12-18-17-9-14-6-15(10-17)8-16(7-14)11-17/h12-16H,1-11H2. The van der Waals surface area contributed by atoms with Crippen LogP contribution in [0.5, 0.6) is 0 Å². The molecule has 5 rings (SSSR count). The molecule has 1 heteroatoms. The van der Waals surface area contributed by atoms with Gasteiger partial charge in [0.2, 0.25) is 0 Å². The Morgan fingerprint density at radius 3 is 1.89 bits per heavy atom. The van der Waals surface area contributed by atoms with Crippen molar-refractivity contribution in [3.63, 3.8) is 0 Å². The van der Waals surface area contributed by atoms with Gasteiger partial charge in [0.15, 0.2) is 0 Å². The highest BCUT2D eigenvalue weighted by Gasteiger charge is 2.50. The quantitative estimate of drug-likeness (QED) is 0.630. The van der Waals surface area contributed by atoms with Crippen molar-refractivity contribution in [1.29, 1.82) is 0 Å². The fourth-order valence-corrected chi connectivity index (χ4v) is 5.77. The number of aliphatic imine (C=N–C) groups is 1. The van der Waals surface area contributed by atoms with Crippen molar-refractivity contribution in [2.45, 2.75) is 76.2 Å². The van der Waals surface area contributed by atoms with Crippen LogP contribution in [0.25, 0.3) is 0 Å². The first-order valence-corrected chi connectivity index (χ1v) is 8.37. The molecule has 0 aliphatic heterocycles. The predicted molar refractivity (Wildman–Crippen MR) is 76.0 cm³/mol. The highest BCUT2D eigenvalue weighted by molar-refractivity contribution is 5.61. The van der Waals surface area contributed by atoms with Crippen molar-refractivity contribution in [3.8, 4) is 0 Å². The van der Waals surface area contributed by atoms with E-state index in [1.807, 2.05) is 0 Å². The first-order chi connectivity index (χ1) is 8.81. The molecule has 0 aromatic carbocycles. The average molecular weight is 245 g/mol. The van der Waals surface area contributed by atoms with Gasteiger partial charge in [-0.15, -0.1) is 0 Å². The lowest BCUT2D eigenvalue weighted by Crippen LogP contribution is -2.49. The molecule has 0 aromatic heterocycles. The van der Waals surface area contributed by atoms with E-state index in [4.69, 9.17) is 4.99 Å². The second-order valence-corrected chi connectivity index (χ2v) is 7.82. The van der Waals surface area contributed by atoms with Crippen molar-refractivity contribution in [1.82, 2.24) is 0 Å². The van der Waals surface area contributed by atoms with Gasteiger partial charge in [-0.1, -0.05) is 19.3 Å². The van der Waals surface area contributed by atoms with E-state index in [9.17, 15) is 0 Å². The predicted octanol–water partition coefficient (Wildman–Crippen LogP) is 4.61. The zero-order valence-corrected chi connectivity index (χ0v) is 11.6. The summed E-state index contributed by atoms with van der Waals surface area (Å²) in [6, 6.07) is 0. The minimum atomic E-state index is 0.423. The van der Waals surface area contributed by atoms with Gasteiger partial charge in [-0.3, -0.25) is 4.99 Å². The van der Waals surface area contributed by atoms with E-state index in [2.05, 4.69) is 6.21 Å². The highest BCUT2D eigenvalue weighted by atomic mass is 14.9. The van der Waals surface area contributed by atoms with Crippen LogP contribution in [0, 0.1) is 23.7 Å². The molecule has 1 nitrogen and oxygen atoms in total. The topological polar surface area (TPSA) is 12.4 Å². The molecule has 0 radical (unpaired) electrons. The largest absolute Gasteiger partial charge is 0.291 e. The Bertz CT molecular complexity index is 302. The summed E-state index contributed by atoms with van der Waals surface area (Å²) in [6.07, 6.45) is 18.5. The van der Waals surface area contributed by atoms with Gasteiger partial charge in [-0.25, -0.2) is 0 Å². The third-order valence-corrected chi connectivity index (χ3v) is 6.21. The van der Waals surface area contributed by atoms with Gasteiger partial charge in [0.25, 0.3) is 0 Å². The number of rotatable bonds is 2. The van der Waals surface area contributed by atoms with E-state index in [0.29, 0.717) is 5.54 Å². The maximum absolute atomic E-state index is 5.21. The van der Waals surface area contributed by atoms with Crippen LogP contribution < -0.4 is 0 Å². The molecule has 5 fully saturated rings. The summed E-state index contributed by atoms with van der Waals surface area (Å²) < 4.78 is 0. The van der Waals surface area contributed by atoms with E-state index in [-0.39, 0.29) is 0 Å². The molecule has 0 spiro atoms. The highest BCUT2D eigenvalue weighted by Crippen LogP contribution is 2.57. The van der Waals surface area contributed by atoms with Crippen molar-refractivity contribution in [3.05, 3.63) is 0 Å². The third-order valence-electron chi connectivity index (χ3n) is 6.21. The Morgan fingerprint density at radius 1 is 0.778 bits per heavy atom.